The number of carbonyl (C=O) groups is 3. The lowest BCUT2D eigenvalue weighted by molar-refractivity contribution is -0.145. The molecule has 2 heterocycles. The number of rotatable bonds is 8. The topological polar surface area (TPSA) is 85.0 Å². The Bertz CT molecular complexity index is 1370. The zero-order chi connectivity index (χ0) is 30.4. The number of carbonyl (C=O) groups excluding carboxylic acids is 3. The molecule has 2 fully saturated rings. The molecule has 0 spiro atoms. The van der Waals surface area contributed by atoms with Crippen molar-refractivity contribution in [2.45, 2.75) is 24.7 Å². The monoisotopic (exact) mass is 593 g/mol. The quantitative estimate of drug-likeness (QED) is 0.416. The molecule has 0 aromatic heterocycles. The van der Waals surface area contributed by atoms with Crippen LogP contribution in [0.3, 0.4) is 0 Å². The third-order valence-corrected chi connectivity index (χ3v) is 7.87. The first kappa shape index (κ1) is 30.2. The number of piperazine rings is 2. The number of hydrogen-bond donors (Lipinski definition) is 2. The maximum atomic E-state index is 13.4. The van der Waals surface area contributed by atoms with Gasteiger partial charge in [-0.2, -0.15) is 13.2 Å². The summed E-state index contributed by atoms with van der Waals surface area (Å²) in [7, 11) is 0. The van der Waals surface area contributed by atoms with Gasteiger partial charge in [0.25, 0.3) is 0 Å². The maximum absolute atomic E-state index is 13.4. The Morgan fingerprint density at radius 3 is 2.09 bits per heavy atom. The van der Waals surface area contributed by atoms with Gasteiger partial charge < -0.3 is 15.5 Å². The molecule has 5 rings (SSSR count). The smallest absolute Gasteiger partial charge is 0.353 e. The van der Waals surface area contributed by atoms with E-state index >= 15 is 0 Å². The number of halogens is 3. The molecule has 3 aromatic carbocycles. The van der Waals surface area contributed by atoms with Gasteiger partial charge in [-0.1, -0.05) is 66.7 Å². The minimum Gasteiger partial charge on any atom is -0.353 e. The molecule has 0 radical (unpaired) electrons. The van der Waals surface area contributed by atoms with Crippen LogP contribution >= 0.6 is 0 Å². The van der Waals surface area contributed by atoms with Crippen LogP contribution in [0.15, 0.2) is 84.9 Å². The van der Waals surface area contributed by atoms with Crippen LogP contribution < -0.4 is 10.6 Å². The first-order chi connectivity index (χ1) is 20.7. The fraction of sp³-hybridized carbons (Fsp3) is 0.344. The van der Waals surface area contributed by atoms with E-state index in [1.807, 2.05) is 36.4 Å². The predicted octanol–water partition coefficient (Wildman–Crippen LogP) is 3.77. The molecule has 226 valence electrons. The summed E-state index contributed by atoms with van der Waals surface area (Å²) in [5.74, 6) is -1.37. The van der Waals surface area contributed by atoms with Gasteiger partial charge in [0.1, 0.15) is 6.04 Å². The van der Waals surface area contributed by atoms with Crippen LogP contribution in [0.1, 0.15) is 29.2 Å². The third kappa shape index (κ3) is 7.60. The van der Waals surface area contributed by atoms with E-state index in [-0.39, 0.29) is 43.7 Å². The lowest BCUT2D eigenvalue weighted by atomic mass is 9.96. The SMILES string of the molecule is O=C(C[C@@H]1C(=O)NCCN1C(=O)CN1CCN(C(c2ccccc2)c2ccccc2)CC1)Nc1cccc(C(F)(F)F)c1. The van der Waals surface area contributed by atoms with Crippen LogP contribution in [-0.4, -0.2) is 84.3 Å². The Balaban J connectivity index is 1.19. The predicted molar refractivity (Wildman–Crippen MR) is 156 cm³/mol. The van der Waals surface area contributed by atoms with Gasteiger partial charge in [-0.05, 0) is 29.3 Å². The summed E-state index contributed by atoms with van der Waals surface area (Å²) >= 11 is 0. The van der Waals surface area contributed by atoms with Gasteiger partial charge in [0.05, 0.1) is 24.6 Å². The number of nitrogens with one attached hydrogen (secondary N) is 2. The largest absolute Gasteiger partial charge is 0.416 e. The van der Waals surface area contributed by atoms with E-state index in [2.05, 4.69) is 44.7 Å². The Hall–Kier alpha value is -4.22. The van der Waals surface area contributed by atoms with E-state index in [9.17, 15) is 27.6 Å². The fourth-order valence-corrected chi connectivity index (χ4v) is 5.72. The average molecular weight is 594 g/mol. The van der Waals surface area contributed by atoms with Crippen molar-refractivity contribution in [1.82, 2.24) is 20.0 Å². The van der Waals surface area contributed by atoms with Gasteiger partial charge in [-0.15, -0.1) is 0 Å². The van der Waals surface area contributed by atoms with E-state index in [0.29, 0.717) is 13.1 Å². The lowest BCUT2D eigenvalue weighted by Gasteiger charge is -2.41. The molecule has 0 aliphatic carbocycles. The Morgan fingerprint density at radius 1 is 0.860 bits per heavy atom. The molecule has 0 unspecified atom stereocenters. The maximum Gasteiger partial charge on any atom is 0.416 e. The second kappa shape index (κ2) is 13.4. The van der Waals surface area contributed by atoms with Crippen LogP contribution in [0.25, 0.3) is 0 Å². The number of nitrogens with zero attached hydrogens (tertiary/aromatic N) is 3. The summed E-state index contributed by atoms with van der Waals surface area (Å²) in [5, 5.41) is 5.12. The summed E-state index contributed by atoms with van der Waals surface area (Å²) in [6, 6.07) is 24.0. The van der Waals surface area contributed by atoms with E-state index < -0.39 is 29.6 Å². The van der Waals surface area contributed by atoms with Gasteiger partial charge in [-0.25, -0.2) is 0 Å². The number of amides is 3. The highest BCUT2D eigenvalue weighted by atomic mass is 19.4. The summed E-state index contributed by atoms with van der Waals surface area (Å²) in [6.45, 7) is 3.41. The minimum atomic E-state index is -4.55. The van der Waals surface area contributed by atoms with E-state index in [4.69, 9.17) is 0 Å². The fourth-order valence-electron chi connectivity index (χ4n) is 5.72. The number of anilines is 1. The van der Waals surface area contributed by atoms with E-state index in [1.54, 1.807) is 0 Å². The van der Waals surface area contributed by atoms with Gasteiger partial charge in [0.2, 0.25) is 17.7 Å². The zero-order valence-electron chi connectivity index (χ0n) is 23.6. The molecule has 2 N–H and O–H groups in total. The Morgan fingerprint density at radius 2 is 1.49 bits per heavy atom. The highest BCUT2D eigenvalue weighted by Crippen LogP contribution is 2.31. The molecule has 0 bridgehead atoms. The van der Waals surface area contributed by atoms with E-state index in [0.717, 1.165) is 25.2 Å². The van der Waals surface area contributed by atoms with Crippen molar-refractivity contribution in [1.29, 1.82) is 0 Å². The highest BCUT2D eigenvalue weighted by Gasteiger charge is 2.36. The van der Waals surface area contributed by atoms with Crippen LogP contribution in [-0.2, 0) is 20.6 Å². The summed E-state index contributed by atoms with van der Waals surface area (Å²) in [5.41, 5.74) is 1.47. The van der Waals surface area contributed by atoms with Crippen LogP contribution in [0.4, 0.5) is 18.9 Å². The molecule has 3 aromatic rings. The molecule has 0 saturated carbocycles. The Kier molecular flexibility index (Phi) is 9.42. The van der Waals surface area contributed by atoms with Gasteiger partial charge in [0.15, 0.2) is 0 Å². The Labute approximate surface area is 248 Å². The summed E-state index contributed by atoms with van der Waals surface area (Å²) < 4.78 is 39.2. The second-order valence-corrected chi connectivity index (χ2v) is 10.8. The van der Waals surface area contributed by atoms with Crippen molar-refractivity contribution in [2.24, 2.45) is 0 Å². The molecule has 43 heavy (non-hydrogen) atoms. The van der Waals surface area contributed by atoms with Gasteiger partial charge in [0, 0.05) is 45.0 Å². The van der Waals surface area contributed by atoms with Crippen molar-refractivity contribution in [3.8, 4) is 0 Å². The van der Waals surface area contributed by atoms with Crippen molar-refractivity contribution >= 4 is 23.4 Å². The molecule has 2 aliphatic heterocycles. The van der Waals surface area contributed by atoms with Gasteiger partial charge in [-0.3, -0.25) is 24.2 Å². The van der Waals surface area contributed by atoms with Crippen molar-refractivity contribution in [3.63, 3.8) is 0 Å². The molecule has 2 saturated heterocycles. The van der Waals surface area contributed by atoms with Crippen molar-refractivity contribution in [3.05, 3.63) is 102 Å². The van der Waals surface area contributed by atoms with E-state index in [1.165, 1.54) is 28.2 Å². The highest BCUT2D eigenvalue weighted by molar-refractivity contribution is 5.97. The van der Waals surface area contributed by atoms with Crippen molar-refractivity contribution in [2.75, 3.05) is 51.1 Å². The first-order valence-corrected chi connectivity index (χ1v) is 14.3. The normalized spacial score (nSPS) is 18.4. The molecule has 1 atom stereocenters. The third-order valence-electron chi connectivity index (χ3n) is 7.87. The summed E-state index contributed by atoms with van der Waals surface area (Å²) in [4.78, 5) is 44.7. The second-order valence-electron chi connectivity index (χ2n) is 10.8. The number of hydrogen-bond acceptors (Lipinski definition) is 5. The number of benzene rings is 3. The molecule has 11 heteroatoms. The lowest BCUT2D eigenvalue weighted by Crippen LogP contribution is -2.60. The van der Waals surface area contributed by atoms with Crippen LogP contribution in [0, 0.1) is 0 Å². The van der Waals surface area contributed by atoms with Crippen LogP contribution in [0.5, 0.6) is 0 Å². The summed E-state index contributed by atoms with van der Waals surface area (Å²) in [6.07, 6.45) is -4.92. The molecule has 2 aliphatic rings. The molecule has 3 amide bonds. The molecule has 8 nitrogen and oxygen atoms in total. The van der Waals surface area contributed by atoms with Gasteiger partial charge >= 0.3 is 6.18 Å². The average Bonchev–Trinajstić information content (AvgIpc) is 3.00. The standard InChI is InChI=1S/C32H34F3N5O3/c33-32(34,35)25-12-7-13-26(20-25)37-28(41)21-27-31(43)36-14-15-40(27)29(42)22-38-16-18-39(19-17-38)30(23-8-3-1-4-9-23)24-10-5-2-6-11-24/h1-13,20,27,30H,14-19,21-22H2,(H,36,43)(H,37,41)/t27-/m1/s1. The van der Waals surface area contributed by atoms with Crippen LogP contribution in [0.2, 0.25) is 0 Å². The first-order valence-electron chi connectivity index (χ1n) is 14.3. The van der Waals surface area contributed by atoms with Crippen molar-refractivity contribution < 1.29 is 27.6 Å². The molecular formula is C32H34F3N5O3. The zero-order valence-corrected chi connectivity index (χ0v) is 23.6. The number of alkyl halides is 3. The minimum absolute atomic E-state index is 0.0314. The molecular weight excluding hydrogens is 559 g/mol.